The first-order chi connectivity index (χ1) is 8.11. The first kappa shape index (κ1) is 12.3. The largest absolute Gasteiger partial charge is 0.293 e. The van der Waals surface area contributed by atoms with E-state index in [4.69, 9.17) is 12.2 Å². The van der Waals surface area contributed by atoms with Crippen LogP contribution in [0.25, 0.3) is 6.08 Å². The van der Waals surface area contributed by atoms with Gasteiger partial charge in [0.2, 0.25) is 0 Å². The summed E-state index contributed by atoms with van der Waals surface area (Å²) in [6, 6.07) is 6.12. The lowest BCUT2D eigenvalue weighted by Crippen LogP contribution is -2.27. The molecule has 1 aliphatic rings. The fourth-order valence-electron chi connectivity index (χ4n) is 1.52. The Bertz CT molecular complexity index is 513. The highest BCUT2D eigenvalue weighted by Gasteiger charge is 2.30. The molecule has 88 valence electrons. The molecule has 17 heavy (non-hydrogen) atoms. The molecule has 1 fully saturated rings. The summed E-state index contributed by atoms with van der Waals surface area (Å²) in [6.45, 7) is 2.43. The molecule has 0 aliphatic carbocycles. The lowest BCUT2D eigenvalue weighted by molar-refractivity contribution is -0.121. The van der Waals surface area contributed by atoms with Crippen molar-refractivity contribution >= 4 is 40.3 Å². The van der Waals surface area contributed by atoms with Gasteiger partial charge in [0.1, 0.15) is 10.1 Å². The Morgan fingerprint density at radius 3 is 2.88 bits per heavy atom. The number of likely N-dealkylation sites (N-methyl/N-ethyl adjacent to an activating group) is 1. The lowest BCUT2D eigenvalue weighted by Gasteiger charge is -2.09. The van der Waals surface area contributed by atoms with Crippen molar-refractivity contribution in [1.82, 2.24) is 4.90 Å². The fourth-order valence-corrected chi connectivity index (χ4v) is 2.90. The fraction of sp³-hybridized carbons (Fsp3) is 0.167. The van der Waals surface area contributed by atoms with Gasteiger partial charge in [0.05, 0.1) is 4.91 Å². The summed E-state index contributed by atoms with van der Waals surface area (Å²) in [6.07, 6.45) is 1.66. The molecular weight excluding hydrogens is 257 g/mol. The number of thiocarbonyl (C=S) groups is 1. The number of amides is 1. The molecule has 0 N–H and O–H groups in total. The van der Waals surface area contributed by atoms with Crippen LogP contribution in [0.4, 0.5) is 4.39 Å². The standard InChI is InChI=1S/C12H10FNOS2/c1-2-14-11(15)10(17-12(14)16)7-8-4-3-5-9(13)6-8/h3-7H,2H2,1H3/b10-7-. The molecule has 2 nitrogen and oxygen atoms in total. The molecule has 1 aromatic carbocycles. The van der Waals surface area contributed by atoms with Crippen LogP contribution >= 0.6 is 24.0 Å². The van der Waals surface area contributed by atoms with Gasteiger partial charge in [-0.1, -0.05) is 36.1 Å². The first-order valence-corrected chi connectivity index (χ1v) is 6.35. The van der Waals surface area contributed by atoms with E-state index in [2.05, 4.69) is 0 Å². The topological polar surface area (TPSA) is 20.3 Å². The third-order valence-electron chi connectivity index (χ3n) is 2.34. The molecule has 1 heterocycles. The highest BCUT2D eigenvalue weighted by atomic mass is 32.2. The van der Waals surface area contributed by atoms with Gasteiger partial charge in [-0.25, -0.2) is 4.39 Å². The summed E-state index contributed by atoms with van der Waals surface area (Å²) < 4.78 is 13.6. The Kier molecular flexibility index (Phi) is 3.59. The van der Waals surface area contributed by atoms with Gasteiger partial charge in [-0.15, -0.1) is 0 Å². The van der Waals surface area contributed by atoms with E-state index in [0.29, 0.717) is 21.3 Å². The van der Waals surface area contributed by atoms with E-state index in [0.717, 1.165) is 0 Å². The van der Waals surface area contributed by atoms with Crippen LogP contribution in [0.2, 0.25) is 0 Å². The molecule has 0 aromatic heterocycles. The first-order valence-electron chi connectivity index (χ1n) is 5.12. The number of thioether (sulfide) groups is 1. The maximum atomic E-state index is 13.0. The van der Waals surface area contributed by atoms with Crippen LogP contribution < -0.4 is 0 Å². The Morgan fingerprint density at radius 2 is 2.29 bits per heavy atom. The third kappa shape index (κ3) is 2.56. The van der Waals surface area contributed by atoms with E-state index in [1.165, 1.54) is 28.8 Å². The molecular formula is C12H10FNOS2. The second-order valence-electron chi connectivity index (χ2n) is 3.48. The van der Waals surface area contributed by atoms with Crippen molar-refractivity contribution in [2.24, 2.45) is 0 Å². The molecule has 1 saturated heterocycles. The van der Waals surface area contributed by atoms with Crippen LogP contribution in [0, 0.1) is 5.82 Å². The maximum Gasteiger partial charge on any atom is 0.266 e. The van der Waals surface area contributed by atoms with Crippen molar-refractivity contribution in [3.8, 4) is 0 Å². The van der Waals surface area contributed by atoms with E-state index < -0.39 is 0 Å². The Morgan fingerprint density at radius 1 is 1.53 bits per heavy atom. The van der Waals surface area contributed by atoms with Gasteiger partial charge in [-0.2, -0.15) is 0 Å². The van der Waals surface area contributed by atoms with Crippen molar-refractivity contribution in [3.05, 3.63) is 40.6 Å². The maximum absolute atomic E-state index is 13.0. The summed E-state index contributed by atoms with van der Waals surface area (Å²) in [7, 11) is 0. The number of halogens is 1. The van der Waals surface area contributed by atoms with E-state index >= 15 is 0 Å². The van der Waals surface area contributed by atoms with Gasteiger partial charge in [-0.05, 0) is 30.7 Å². The zero-order chi connectivity index (χ0) is 12.4. The number of carbonyl (C=O) groups excluding carboxylic acids is 1. The van der Waals surface area contributed by atoms with Gasteiger partial charge in [0.25, 0.3) is 5.91 Å². The lowest BCUT2D eigenvalue weighted by atomic mass is 10.2. The monoisotopic (exact) mass is 267 g/mol. The number of hydrogen-bond donors (Lipinski definition) is 0. The number of nitrogens with zero attached hydrogens (tertiary/aromatic N) is 1. The predicted molar refractivity (Wildman–Crippen MR) is 72.0 cm³/mol. The van der Waals surface area contributed by atoms with E-state index in [-0.39, 0.29) is 11.7 Å². The van der Waals surface area contributed by atoms with Crippen molar-refractivity contribution < 1.29 is 9.18 Å². The van der Waals surface area contributed by atoms with Crippen LogP contribution in [0.5, 0.6) is 0 Å². The molecule has 0 spiro atoms. The third-order valence-corrected chi connectivity index (χ3v) is 3.71. The number of rotatable bonds is 2. The van der Waals surface area contributed by atoms with Gasteiger partial charge >= 0.3 is 0 Å². The van der Waals surface area contributed by atoms with Crippen molar-refractivity contribution in [2.45, 2.75) is 6.92 Å². The zero-order valence-electron chi connectivity index (χ0n) is 9.14. The molecule has 0 atom stereocenters. The predicted octanol–water partition coefficient (Wildman–Crippen LogP) is 3.05. The quantitative estimate of drug-likeness (QED) is 0.607. The highest BCUT2D eigenvalue weighted by molar-refractivity contribution is 8.26. The van der Waals surface area contributed by atoms with E-state index in [1.54, 1.807) is 18.2 Å². The minimum absolute atomic E-state index is 0.105. The molecule has 2 rings (SSSR count). The summed E-state index contributed by atoms with van der Waals surface area (Å²) in [5.41, 5.74) is 0.668. The molecule has 5 heteroatoms. The average molecular weight is 267 g/mol. The summed E-state index contributed by atoms with van der Waals surface area (Å²) in [5.74, 6) is -0.420. The molecule has 1 aromatic rings. The minimum atomic E-state index is -0.315. The van der Waals surface area contributed by atoms with Gasteiger partial charge in [-0.3, -0.25) is 9.69 Å². The smallest absolute Gasteiger partial charge is 0.266 e. The van der Waals surface area contributed by atoms with Crippen LogP contribution in [0.1, 0.15) is 12.5 Å². The van der Waals surface area contributed by atoms with E-state index in [1.807, 2.05) is 6.92 Å². The van der Waals surface area contributed by atoms with Crippen molar-refractivity contribution in [3.63, 3.8) is 0 Å². The van der Waals surface area contributed by atoms with Crippen LogP contribution in [-0.4, -0.2) is 21.7 Å². The van der Waals surface area contributed by atoms with Crippen LogP contribution in [0.15, 0.2) is 29.2 Å². The average Bonchev–Trinajstić information content (AvgIpc) is 2.54. The summed E-state index contributed by atoms with van der Waals surface area (Å²) in [4.78, 5) is 14.0. The minimum Gasteiger partial charge on any atom is -0.293 e. The number of carbonyl (C=O) groups is 1. The second-order valence-corrected chi connectivity index (χ2v) is 5.16. The van der Waals surface area contributed by atoms with Crippen LogP contribution in [0.3, 0.4) is 0 Å². The van der Waals surface area contributed by atoms with Crippen LogP contribution in [-0.2, 0) is 4.79 Å². The summed E-state index contributed by atoms with van der Waals surface area (Å²) in [5, 5.41) is 0. The Labute approximate surface area is 108 Å². The van der Waals surface area contributed by atoms with Crippen molar-refractivity contribution in [1.29, 1.82) is 0 Å². The van der Waals surface area contributed by atoms with Gasteiger partial charge in [0.15, 0.2) is 0 Å². The number of hydrogen-bond acceptors (Lipinski definition) is 3. The number of benzene rings is 1. The Balaban J connectivity index is 2.30. The van der Waals surface area contributed by atoms with Gasteiger partial charge < -0.3 is 0 Å². The second kappa shape index (κ2) is 4.98. The van der Waals surface area contributed by atoms with E-state index in [9.17, 15) is 9.18 Å². The molecule has 1 amide bonds. The SMILES string of the molecule is CCN1C(=O)/C(=C/c2cccc(F)c2)SC1=S. The molecule has 1 aliphatic heterocycles. The van der Waals surface area contributed by atoms with Crippen molar-refractivity contribution in [2.75, 3.05) is 6.54 Å². The molecule has 0 saturated carbocycles. The molecule has 0 bridgehead atoms. The molecule has 0 radical (unpaired) electrons. The zero-order valence-corrected chi connectivity index (χ0v) is 10.8. The molecule has 0 unspecified atom stereocenters. The normalized spacial score (nSPS) is 18.2. The highest BCUT2D eigenvalue weighted by Crippen LogP contribution is 2.32. The summed E-state index contributed by atoms with van der Waals surface area (Å²) >= 11 is 6.34. The Hall–Kier alpha value is -1.20. The van der Waals surface area contributed by atoms with Gasteiger partial charge in [0, 0.05) is 6.54 Å².